The van der Waals surface area contributed by atoms with Gasteiger partial charge in [-0.3, -0.25) is 10.1 Å². The fraction of sp³-hybridized carbons (Fsp3) is 0.136. The fourth-order valence-corrected chi connectivity index (χ4v) is 3.03. The second-order valence-corrected chi connectivity index (χ2v) is 6.41. The Balaban J connectivity index is 1.50. The monoisotopic (exact) mass is 378 g/mol. The van der Waals surface area contributed by atoms with Gasteiger partial charge in [-0.2, -0.15) is 0 Å². The van der Waals surface area contributed by atoms with Crippen LogP contribution in [-0.4, -0.2) is 12.7 Å². The van der Waals surface area contributed by atoms with Gasteiger partial charge in [0, 0.05) is 12.2 Å². The molecule has 1 atom stereocenters. The third kappa shape index (κ3) is 4.13. The Hall–Kier alpha value is -3.38. The molecule has 0 spiro atoms. The van der Waals surface area contributed by atoms with Gasteiger partial charge >= 0.3 is 0 Å². The molecule has 6 heteroatoms. The molecule has 0 saturated heterocycles. The number of anilines is 1. The molecule has 0 fully saturated rings. The highest BCUT2D eigenvalue weighted by atomic mass is 19.1. The molecular formula is C22H19FN2O3. The van der Waals surface area contributed by atoms with Crippen molar-refractivity contribution in [2.24, 2.45) is 0 Å². The zero-order valence-corrected chi connectivity index (χ0v) is 15.0. The van der Waals surface area contributed by atoms with E-state index in [1.54, 1.807) is 0 Å². The highest BCUT2D eigenvalue weighted by molar-refractivity contribution is 5.95. The van der Waals surface area contributed by atoms with E-state index in [2.05, 4.69) is 10.6 Å². The molecule has 0 bridgehead atoms. The summed E-state index contributed by atoms with van der Waals surface area (Å²) in [7, 11) is 0. The molecule has 0 radical (unpaired) electrons. The van der Waals surface area contributed by atoms with Crippen LogP contribution >= 0.6 is 0 Å². The van der Waals surface area contributed by atoms with Crippen LogP contribution in [0, 0.1) is 5.82 Å². The van der Waals surface area contributed by atoms with Crippen LogP contribution in [0.1, 0.15) is 17.2 Å². The van der Waals surface area contributed by atoms with Gasteiger partial charge in [-0.15, -0.1) is 0 Å². The van der Waals surface area contributed by atoms with Gasteiger partial charge in [-0.1, -0.05) is 36.4 Å². The van der Waals surface area contributed by atoms with Gasteiger partial charge in [0.05, 0.1) is 0 Å². The van der Waals surface area contributed by atoms with Crippen LogP contribution in [0.2, 0.25) is 0 Å². The Morgan fingerprint density at radius 1 is 0.964 bits per heavy atom. The maximum Gasteiger partial charge on any atom is 0.246 e. The number of hydrogen-bond donors (Lipinski definition) is 2. The molecule has 4 rings (SSSR count). The molecule has 1 heterocycles. The van der Waals surface area contributed by atoms with Gasteiger partial charge in [-0.05, 0) is 47.5 Å². The summed E-state index contributed by atoms with van der Waals surface area (Å²) in [6.45, 7) is 0.686. The summed E-state index contributed by atoms with van der Waals surface area (Å²) in [6.07, 6.45) is 0. The normalized spacial score (nSPS) is 13.2. The number of benzene rings is 3. The molecule has 3 aromatic rings. The predicted molar refractivity (Wildman–Crippen MR) is 104 cm³/mol. The maximum atomic E-state index is 13.1. The van der Waals surface area contributed by atoms with E-state index in [9.17, 15) is 9.18 Å². The number of carbonyl (C=O) groups is 1. The molecule has 1 aliphatic heterocycles. The van der Waals surface area contributed by atoms with E-state index < -0.39 is 6.04 Å². The Morgan fingerprint density at radius 2 is 1.71 bits per heavy atom. The van der Waals surface area contributed by atoms with Crippen LogP contribution in [-0.2, 0) is 11.3 Å². The lowest BCUT2D eigenvalue weighted by atomic mass is 10.1. The van der Waals surface area contributed by atoms with E-state index in [4.69, 9.17) is 9.47 Å². The van der Waals surface area contributed by atoms with Gasteiger partial charge in [0.15, 0.2) is 11.5 Å². The summed E-state index contributed by atoms with van der Waals surface area (Å²) in [5.74, 6) is 0.848. The number of hydrogen-bond acceptors (Lipinski definition) is 4. The van der Waals surface area contributed by atoms with Crippen molar-refractivity contribution in [2.75, 3.05) is 12.1 Å². The summed E-state index contributed by atoms with van der Waals surface area (Å²) in [6, 6.07) is 20.3. The number of fused-ring (bicyclic) bond motifs is 1. The van der Waals surface area contributed by atoms with E-state index in [1.807, 2.05) is 48.5 Å². The van der Waals surface area contributed by atoms with Crippen LogP contribution in [0.4, 0.5) is 10.1 Å². The first-order valence-electron chi connectivity index (χ1n) is 8.92. The van der Waals surface area contributed by atoms with Gasteiger partial charge < -0.3 is 14.8 Å². The van der Waals surface area contributed by atoms with E-state index >= 15 is 0 Å². The van der Waals surface area contributed by atoms with E-state index in [0.29, 0.717) is 18.0 Å². The summed E-state index contributed by atoms with van der Waals surface area (Å²) >= 11 is 0. The van der Waals surface area contributed by atoms with E-state index in [1.165, 1.54) is 24.3 Å². The highest BCUT2D eigenvalue weighted by Crippen LogP contribution is 2.32. The molecule has 1 amide bonds. The average Bonchev–Trinajstić information content (AvgIpc) is 3.19. The summed E-state index contributed by atoms with van der Waals surface area (Å²) in [4.78, 5) is 12.9. The first-order valence-corrected chi connectivity index (χ1v) is 8.92. The van der Waals surface area contributed by atoms with Gasteiger partial charge in [-0.25, -0.2) is 4.39 Å². The molecule has 1 aliphatic rings. The second-order valence-electron chi connectivity index (χ2n) is 6.41. The maximum absolute atomic E-state index is 13.1. The van der Waals surface area contributed by atoms with Crippen molar-refractivity contribution in [1.29, 1.82) is 0 Å². The number of halogens is 1. The van der Waals surface area contributed by atoms with E-state index in [0.717, 1.165) is 16.9 Å². The Kier molecular flexibility index (Phi) is 5.21. The van der Waals surface area contributed by atoms with Crippen molar-refractivity contribution >= 4 is 11.6 Å². The number of nitrogens with one attached hydrogen (secondary N) is 2. The summed E-state index contributed by atoms with van der Waals surface area (Å²) in [5.41, 5.74) is 2.35. The Labute approximate surface area is 162 Å². The van der Waals surface area contributed by atoms with Crippen molar-refractivity contribution in [3.8, 4) is 11.5 Å². The van der Waals surface area contributed by atoms with Crippen LogP contribution in [0.25, 0.3) is 0 Å². The summed E-state index contributed by atoms with van der Waals surface area (Å²) in [5, 5.41) is 6.13. The van der Waals surface area contributed by atoms with Crippen LogP contribution < -0.4 is 20.1 Å². The first-order chi connectivity index (χ1) is 13.7. The zero-order valence-electron chi connectivity index (χ0n) is 15.0. The van der Waals surface area contributed by atoms with Crippen LogP contribution in [0.5, 0.6) is 11.5 Å². The van der Waals surface area contributed by atoms with Gasteiger partial charge in [0.2, 0.25) is 12.7 Å². The minimum absolute atomic E-state index is 0.221. The van der Waals surface area contributed by atoms with E-state index in [-0.39, 0.29) is 18.5 Å². The fourth-order valence-electron chi connectivity index (χ4n) is 3.03. The minimum Gasteiger partial charge on any atom is -0.454 e. The Bertz CT molecular complexity index is 961. The average molecular weight is 378 g/mol. The highest BCUT2D eigenvalue weighted by Gasteiger charge is 2.21. The van der Waals surface area contributed by atoms with Crippen LogP contribution in [0.15, 0.2) is 72.8 Å². The summed E-state index contributed by atoms with van der Waals surface area (Å²) < 4.78 is 23.8. The second kappa shape index (κ2) is 8.10. The van der Waals surface area contributed by atoms with Crippen molar-refractivity contribution in [3.05, 3.63) is 89.7 Å². The number of rotatable bonds is 6. The molecule has 0 aromatic heterocycles. The third-order valence-corrected chi connectivity index (χ3v) is 4.45. The predicted octanol–water partition coefficient (Wildman–Crippen LogP) is 4.02. The topological polar surface area (TPSA) is 59.6 Å². The Morgan fingerprint density at radius 3 is 2.50 bits per heavy atom. The quantitative estimate of drug-likeness (QED) is 0.680. The largest absolute Gasteiger partial charge is 0.454 e. The molecule has 3 aromatic carbocycles. The van der Waals surface area contributed by atoms with Crippen molar-refractivity contribution in [1.82, 2.24) is 5.32 Å². The molecular weight excluding hydrogens is 359 g/mol. The number of amides is 1. The molecule has 28 heavy (non-hydrogen) atoms. The number of ether oxygens (including phenoxy) is 2. The lowest BCUT2D eigenvalue weighted by Gasteiger charge is -2.19. The lowest BCUT2D eigenvalue weighted by Crippen LogP contribution is -2.32. The molecule has 142 valence electrons. The molecule has 0 saturated carbocycles. The third-order valence-electron chi connectivity index (χ3n) is 4.45. The minimum atomic E-state index is -0.573. The zero-order chi connectivity index (χ0) is 19.3. The van der Waals surface area contributed by atoms with Crippen molar-refractivity contribution in [3.63, 3.8) is 0 Å². The van der Waals surface area contributed by atoms with Gasteiger partial charge in [0.1, 0.15) is 11.9 Å². The van der Waals surface area contributed by atoms with Crippen molar-refractivity contribution < 1.29 is 18.7 Å². The smallest absolute Gasteiger partial charge is 0.246 e. The van der Waals surface area contributed by atoms with Crippen LogP contribution in [0.3, 0.4) is 0 Å². The first kappa shape index (κ1) is 18.0. The molecule has 5 nitrogen and oxygen atoms in total. The SMILES string of the molecule is O=C(Nc1ccc(F)cc1)C(NCc1ccc2c(c1)OCO2)c1ccccc1. The van der Waals surface area contributed by atoms with Crippen molar-refractivity contribution in [2.45, 2.75) is 12.6 Å². The number of carbonyl (C=O) groups excluding carboxylic acids is 1. The standard InChI is InChI=1S/C22H19FN2O3/c23-17-7-9-18(10-8-17)25-22(26)21(16-4-2-1-3-5-16)24-13-15-6-11-19-20(12-15)28-14-27-19/h1-12,21,24H,13-14H2,(H,25,26). The molecule has 1 unspecified atom stereocenters. The molecule has 0 aliphatic carbocycles. The molecule has 2 N–H and O–H groups in total. The lowest BCUT2D eigenvalue weighted by molar-refractivity contribution is -0.118. The van der Waals surface area contributed by atoms with Gasteiger partial charge in [0.25, 0.3) is 0 Å².